The van der Waals surface area contributed by atoms with Crippen LogP contribution in [0, 0.1) is 0 Å². The van der Waals surface area contributed by atoms with E-state index >= 15 is 0 Å². The first kappa shape index (κ1) is 23.9. The maximum atomic E-state index is 12.9. The van der Waals surface area contributed by atoms with Crippen LogP contribution in [0.25, 0.3) is 0 Å². The minimum absolute atomic E-state index is 0.0139. The van der Waals surface area contributed by atoms with Gasteiger partial charge in [-0.1, -0.05) is 35.9 Å². The first-order valence-corrected chi connectivity index (χ1v) is 11.1. The van der Waals surface area contributed by atoms with E-state index in [9.17, 15) is 9.59 Å². The second-order valence-electron chi connectivity index (χ2n) is 7.94. The third-order valence-electron chi connectivity index (χ3n) is 5.85. The Labute approximate surface area is 194 Å². The SMILES string of the molecule is COC1CCN(C(=O)N(C)[C@@H](C)c2ccc(NC(=O)OCc3ccc(Cl)cc3)cc2)CC1. The molecule has 0 aliphatic carbocycles. The Morgan fingerprint density at radius 2 is 1.75 bits per heavy atom. The van der Waals surface area contributed by atoms with Gasteiger partial charge in [0.1, 0.15) is 6.61 Å². The molecule has 1 saturated heterocycles. The number of likely N-dealkylation sites (tertiary alicyclic amines) is 1. The third-order valence-corrected chi connectivity index (χ3v) is 6.10. The maximum Gasteiger partial charge on any atom is 0.411 e. The van der Waals surface area contributed by atoms with E-state index in [-0.39, 0.29) is 24.8 Å². The minimum Gasteiger partial charge on any atom is -0.444 e. The van der Waals surface area contributed by atoms with Crippen LogP contribution in [0.2, 0.25) is 5.02 Å². The van der Waals surface area contributed by atoms with Crippen molar-refractivity contribution in [1.82, 2.24) is 9.80 Å². The number of carbonyl (C=O) groups excluding carboxylic acids is 2. The van der Waals surface area contributed by atoms with Crippen LogP contribution in [0.3, 0.4) is 0 Å². The molecule has 0 spiro atoms. The van der Waals surface area contributed by atoms with Crippen LogP contribution >= 0.6 is 11.6 Å². The molecule has 3 rings (SSSR count). The van der Waals surface area contributed by atoms with E-state index < -0.39 is 6.09 Å². The molecule has 1 fully saturated rings. The molecule has 1 aliphatic rings. The molecule has 3 amide bonds. The van der Waals surface area contributed by atoms with E-state index in [0.29, 0.717) is 23.8 Å². The van der Waals surface area contributed by atoms with Crippen LogP contribution in [0.5, 0.6) is 0 Å². The van der Waals surface area contributed by atoms with Gasteiger partial charge in [-0.15, -0.1) is 0 Å². The molecule has 8 heteroatoms. The average molecular weight is 460 g/mol. The number of amides is 3. The van der Waals surface area contributed by atoms with Gasteiger partial charge in [0.2, 0.25) is 0 Å². The summed E-state index contributed by atoms with van der Waals surface area (Å²) in [5, 5.41) is 3.35. The molecule has 7 nitrogen and oxygen atoms in total. The van der Waals surface area contributed by atoms with Crippen molar-refractivity contribution in [3.8, 4) is 0 Å². The van der Waals surface area contributed by atoms with Crippen molar-refractivity contribution in [1.29, 1.82) is 0 Å². The molecule has 32 heavy (non-hydrogen) atoms. The molecular weight excluding hydrogens is 430 g/mol. The van der Waals surface area contributed by atoms with Crippen molar-refractivity contribution in [3.63, 3.8) is 0 Å². The highest BCUT2D eigenvalue weighted by Gasteiger charge is 2.27. The number of carbonyl (C=O) groups is 2. The van der Waals surface area contributed by atoms with Crippen molar-refractivity contribution >= 4 is 29.4 Å². The highest BCUT2D eigenvalue weighted by Crippen LogP contribution is 2.23. The normalized spacial score (nSPS) is 15.2. The number of hydrogen-bond donors (Lipinski definition) is 1. The van der Waals surface area contributed by atoms with Crippen LogP contribution in [-0.4, -0.2) is 55.3 Å². The Kier molecular flexibility index (Phi) is 8.36. The zero-order valence-electron chi connectivity index (χ0n) is 18.7. The zero-order chi connectivity index (χ0) is 23.1. The van der Waals surface area contributed by atoms with Gasteiger partial charge in [-0.3, -0.25) is 5.32 Å². The zero-order valence-corrected chi connectivity index (χ0v) is 19.5. The highest BCUT2D eigenvalue weighted by molar-refractivity contribution is 6.30. The summed E-state index contributed by atoms with van der Waals surface area (Å²) in [6, 6.07) is 14.4. The van der Waals surface area contributed by atoms with Gasteiger partial charge < -0.3 is 19.3 Å². The summed E-state index contributed by atoms with van der Waals surface area (Å²) in [7, 11) is 3.53. The second kappa shape index (κ2) is 11.2. The van der Waals surface area contributed by atoms with Crippen LogP contribution in [0.1, 0.15) is 36.9 Å². The summed E-state index contributed by atoms with van der Waals surface area (Å²) in [6.07, 6.45) is 1.42. The van der Waals surface area contributed by atoms with Crippen molar-refractivity contribution in [2.45, 2.75) is 38.5 Å². The van der Waals surface area contributed by atoms with Gasteiger partial charge in [0, 0.05) is 38.0 Å². The van der Waals surface area contributed by atoms with Crippen LogP contribution in [0.15, 0.2) is 48.5 Å². The minimum atomic E-state index is -0.535. The number of halogens is 1. The standard InChI is InChI=1S/C24H30ClN3O4/c1-17(27(2)24(30)28-14-12-22(31-3)13-15-28)19-6-10-21(11-7-19)26-23(29)32-16-18-4-8-20(25)9-5-18/h4-11,17,22H,12-16H2,1-3H3,(H,26,29)/t17-/m0/s1. The smallest absolute Gasteiger partial charge is 0.411 e. The fraction of sp³-hybridized carbons (Fsp3) is 0.417. The number of anilines is 1. The van der Waals surface area contributed by atoms with Crippen molar-refractivity contribution in [2.75, 3.05) is 32.6 Å². The maximum absolute atomic E-state index is 12.9. The molecular formula is C24H30ClN3O4. The third kappa shape index (κ3) is 6.37. The van der Waals surface area contributed by atoms with E-state index in [1.165, 1.54) is 0 Å². The molecule has 2 aromatic carbocycles. The van der Waals surface area contributed by atoms with E-state index in [1.807, 2.05) is 43.1 Å². The van der Waals surface area contributed by atoms with Crippen LogP contribution < -0.4 is 5.32 Å². The molecule has 172 valence electrons. The Hall–Kier alpha value is -2.77. The second-order valence-corrected chi connectivity index (χ2v) is 8.38. The van der Waals surface area contributed by atoms with E-state index in [1.54, 1.807) is 36.3 Å². The summed E-state index contributed by atoms with van der Waals surface area (Å²) in [5.41, 5.74) is 2.46. The number of piperidine rings is 1. The average Bonchev–Trinajstić information content (AvgIpc) is 2.83. The van der Waals surface area contributed by atoms with Gasteiger partial charge in [0.25, 0.3) is 0 Å². The molecule has 0 unspecified atom stereocenters. The Balaban J connectivity index is 1.49. The molecule has 0 aromatic heterocycles. The lowest BCUT2D eigenvalue weighted by Crippen LogP contribution is -2.47. The first-order chi connectivity index (χ1) is 15.4. The quantitative estimate of drug-likeness (QED) is 0.635. The van der Waals surface area contributed by atoms with Gasteiger partial charge in [-0.05, 0) is 55.2 Å². The molecule has 0 saturated carbocycles. The summed E-state index contributed by atoms with van der Waals surface area (Å²) in [5.74, 6) is 0. The highest BCUT2D eigenvalue weighted by atomic mass is 35.5. The summed E-state index contributed by atoms with van der Waals surface area (Å²) in [4.78, 5) is 28.5. The van der Waals surface area contributed by atoms with E-state index in [0.717, 1.165) is 24.0 Å². The topological polar surface area (TPSA) is 71.1 Å². The molecule has 0 bridgehead atoms. The van der Waals surface area contributed by atoms with Gasteiger partial charge in [0.15, 0.2) is 0 Å². The summed E-state index contributed by atoms with van der Waals surface area (Å²) in [6.45, 7) is 3.56. The Morgan fingerprint density at radius 1 is 1.12 bits per heavy atom. The van der Waals surface area contributed by atoms with Crippen LogP contribution in [0.4, 0.5) is 15.3 Å². The van der Waals surface area contributed by atoms with Crippen LogP contribution in [-0.2, 0) is 16.1 Å². The number of rotatable bonds is 6. The first-order valence-electron chi connectivity index (χ1n) is 10.7. The Morgan fingerprint density at radius 3 is 2.34 bits per heavy atom. The van der Waals surface area contributed by atoms with Crippen molar-refractivity contribution in [2.24, 2.45) is 0 Å². The molecule has 1 N–H and O–H groups in total. The fourth-order valence-corrected chi connectivity index (χ4v) is 3.75. The lowest BCUT2D eigenvalue weighted by atomic mass is 10.1. The lowest BCUT2D eigenvalue weighted by molar-refractivity contribution is 0.0441. The lowest BCUT2D eigenvalue weighted by Gasteiger charge is -2.36. The number of benzene rings is 2. The number of hydrogen-bond acceptors (Lipinski definition) is 4. The predicted octanol–water partition coefficient (Wildman–Crippen LogP) is 5.31. The monoisotopic (exact) mass is 459 g/mol. The number of nitrogens with zero attached hydrogens (tertiary/aromatic N) is 2. The molecule has 0 radical (unpaired) electrons. The number of ether oxygens (including phenoxy) is 2. The fourth-order valence-electron chi connectivity index (χ4n) is 3.62. The van der Waals surface area contributed by atoms with Crippen molar-refractivity contribution in [3.05, 3.63) is 64.7 Å². The number of methoxy groups -OCH3 is 1. The van der Waals surface area contributed by atoms with Gasteiger partial charge in [-0.25, -0.2) is 9.59 Å². The molecule has 2 aromatic rings. The van der Waals surface area contributed by atoms with E-state index in [4.69, 9.17) is 21.1 Å². The summed E-state index contributed by atoms with van der Waals surface area (Å²) < 4.78 is 10.6. The van der Waals surface area contributed by atoms with Gasteiger partial charge >= 0.3 is 12.1 Å². The Bertz CT molecular complexity index is 896. The number of urea groups is 1. The number of nitrogens with one attached hydrogen (secondary N) is 1. The van der Waals surface area contributed by atoms with E-state index in [2.05, 4.69) is 5.32 Å². The molecule has 1 heterocycles. The molecule has 1 aliphatic heterocycles. The largest absolute Gasteiger partial charge is 0.444 e. The van der Waals surface area contributed by atoms with Crippen molar-refractivity contribution < 1.29 is 19.1 Å². The predicted molar refractivity (Wildman–Crippen MR) is 125 cm³/mol. The van der Waals surface area contributed by atoms with Gasteiger partial charge in [-0.2, -0.15) is 0 Å². The van der Waals surface area contributed by atoms with Gasteiger partial charge in [0.05, 0.1) is 12.1 Å². The molecule has 1 atom stereocenters. The summed E-state index contributed by atoms with van der Waals surface area (Å²) >= 11 is 5.85.